The molecule has 3 heterocycles. The third-order valence-electron chi connectivity index (χ3n) is 9.81. The summed E-state index contributed by atoms with van der Waals surface area (Å²) in [5.74, 6) is 0.834. The van der Waals surface area contributed by atoms with Gasteiger partial charge in [0.2, 0.25) is 0 Å². The Morgan fingerprint density at radius 1 is 0.540 bits per heavy atom. The molecule has 1 N–H and O–H groups in total. The Balaban J connectivity index is 1.06. The molecule has 0 bridgehead atoms. The molecule has 9 aromatic rings. The van der Waals surface area contributed by atoms with Crippen molar-refractivity contribution in [3.63, 3.8) is 0 Å². The van der Waals surface area contributed by atoms with E-state index in [1.807, 2.05) is 36.4 Å². The number of furan rings is 1. The zero-order valence-electron chi connectivity index (χ0n) is 27.1. The van der Waals surface area contributed by atoms with Gasteiger partial charge in [-0.05, 0) is 77.6 Å². The summed E-state index contributed by atoms with van der Waals surface area (Å²) >= 11 is 0. The first-order chi connectivity index (χ1) is 24.8. The maximum absolute atomic E-state index is 6.41. The average molecular weight is 644 g/mol. The second-order valence-electron chi connectivity index (χ2n) is 12.8. The molecular formula is C45H31N4O-. The highest BCUT2D eigenvalue weighted by molar-refractivity contribution is 6.13. The van der Waals surface area contributed by atoms with Crippen LogP contribution in [0.25, 0.3) is 65.9 Å². The van der Waals surface area contributed by atoms with E-state index in [1.54, 1.807) is 0 Å². The highest BCUT2D eigenvalue weighted by atomic mass is 16.3. The van der Waals surface area contributed by atoms with Gasteiger partial charge < -0.3 is 19.6 Å². The number of hydrogen-bond acceptors (Lipinski definition) is 3. The molecule has 0 radical (unpaired) electrons. The number of nitrogens with one attached hydrogen (secondary N) is 1. The molecule has 0 spiro atoms. The summed E-state index contributed by atoms with van der Waals surface area (Å²) in [7, 11) is 0. The number of amidine groups is 1. The van der Waals surface area contributed by atoms with Crippen molar-refractivity contribution in [3.8, 4) is 16.8 Å². The normalized spacial score (nSPS) is 16.2. The summed E-state index contributed by atoms with van der Waals surface area (Å²) in [4.78, 5) is 5.09. The van der Waals surface area contributed by atoms with Crippen LogP contribution in [0.2, 0.25) is 0 Å². The maximum atomic E-state index is 6.41. The summed E-state index contributed by atoms with van der Waals surface area (Å²) in [6, 6.07) is 59.4. The van der Waals surface area contributed by atoms with Crippen molar-refractivity contribution in [2.45, 2.75) is 12.3 Å². The average Bonchev–Trinajstić information content (AvgIpc) is 3.74. The summed E-state index contributed by atoms with van der Waals surface area (Å²) in [5, 5.41) is 13.4. The Bertz CT molecular complexity index is 2710. The molecule has 2 atom stereocenters. The number of aromatic nitrogens is 1. The predicted octanol–water partition coefficient (Wildman–Crippen LogP) is 11.5. The second-order valence-corrected chi connectivity index (χ2v) is 12.8. The zero-order chi connectivity index (χ0) is 33.0. The highest BCUT2D eigenvalue weighted by Crippen LogP contribution is 2.40. The third kappa shape index (κ3) is 4.71. The first kappa shape index (κ1) is 28.6. The summed E-state index contributed by atoms with van der Waals surface area (Å²) in [6.45, 7) is 0. The maximum Gasteiger partial charge on any atom is 0.143 e. The number of fused-ring (bicyclic) bond motifs is 6. The van der Waals surface area contributed by atoms with Crippen molar-refractivity contribution in [2.24, 2.45) is 4.99 Å². The summed E-state index contributed by atoms with van der Waals surface area (Å²) < 4.78 is 8.76. The minimum absolute atomic E-state index is 0.203. The SMILES string of the molecule is c1ccc(C2N=C(c3ccc(-n4c5ccccc5c5cc(-c6cccc7c6oc6ccccc67)ccc54)cc3)NC(c3ccccc3)[N-]2)cc1. The molecule has 50 heavy (non-hydrogen) atoms. The van der Waals surface area contributed by atoms with Crippen LogP contribution in [0.3, 0.4) is 0 Å². The van der Waals surface area contributed by atoms with E-state index in [0.29, 0.717) is 0 Å². The van der Waals surface area contributed by atoms with Crippen molar-refractivity contribution in [1.82, 2.24) is 9.88 Å². The van der Waals surface area contributed by atoms with Crippen LogP contribution in [0.5, 0.6) is 0 Å². The smallest absolute Gasteiger partial charge is 0.143 e. The molecule has 0 fully saturated rings. The molecule has 7 aromatic carbocycles. The topological polar surface area (TPSA) is 56.6 Å². The molecule has 0 aliphatic carbocycles. The van der Waals surface area contributed by atoms with Gasteiger partial charge >= 0.3 is 0 Å². The first-order valence-electron chi connectivity index (χ1n) is 17.0. The minimum Gasteiger partial charge on any atom is -0.613 e. The Hall–Kier alpha value is -6.43. The minimum atomic E-state index is -0.297. The fourth-order valence-electron chi connectivity index (χ4n) is 7.41. The van der Waals surface area contributed by atoms with E-state index in [-0.39, 0.29) is 12.3 Å². The van der Waals surface area contributed by atoms with Gasteiger partial charge in [0.25, 0.3) is 0 Å². The van der Waals surface area contributed by atoms with Crippen LogP contribution in [-0.2, 0) is 0 Å². The molecule has 5 nitrogen and oxygen atoms in total. The summed E-state index contributed by atoms with van der Waals surface area (Å²) in [5.41, 5.74) is 10.7. The molecule has 238 valence electrons. The quantitative estimate of drug-likeness (QED) is 0.203. The van der Waals surface area contributed by atoms with Crippen LogP contribution >= 0.6 is 0 Å². The van der Waals surface area contributed by atoms with Gasteiger partial charge in [0.15, 0.2) is 0 Å². The Morgan fingerprint density at radius 2 is 1.20 bits per heavy atom. The van der Waals surface area contributed by atoms with E-state index in [0.717, 1.165) is 72.3 Å². The fourth-order valence-corrected chi connectivity index (χ4v) is 7.41. The standard InChI is InChI=1S/C45H31N4O/c1-3-12-29(13-4-1)43-46-44(30-14-5-2-6-15-30)48-45(47-43)31-22-25-33(26-23-31)49-39-20-9-7-16-35(39)38-28-32(24-27-40(38)49)34-18-11-19-37-36-17-8-10-21-41(36)50-42(34)37/h1-28,43-44H,(H,47,48)/q-1. The Labute approximate surface area is 289 Å². The van der Waals surface area contributed by atoms with Gasteiger partial charge in [-0.15, -0.1) is 0 Å². The monoisotopic (exact) mass is 643 g/mol. The molecule has 10 rings (SSSR count). The Kier molecular flexibility index (Phi) is 6.64. The van der Waals surface area contributed by atoms with E-state index in [1.165, 1.54) is 10.8 Å². The predicted molar refractivity (Wildman–Crippen MR) is 205 cm³/mol. The fraction of sp³-hybridized carbons (Fsp3) is 0.0444. The molecule has 0 amide bonds. The van der Waals surface area contributed by atoms with Gasteiger partial charge in [-0.25, -0.2) is 0 Å². The molecular weight excluding hydrogens is 613 g/mol. The number of para-hydroxylation sites is 3. The van der Waals surface area contributed by atoms with Gasteiger partial charge in [0.1, 0.15) is 17.0 Å². The lowest BCUT2D eigenvalue weighted by Gasteiger charge is -2.44. The second kappa shape index (κ2) is 11.6. The van der Waals surface area contributed by atoms with Crippen molar-refractivity contribution in [2.75, 3.05) is 0 Å². The summed E-state index contributed by atoms with van der Waals surface area (Å²) in [6.07, 6.45) is -0.500. The van der Waals surface area contributed by atoms with Gasteiger partial charge in [-0.2, -0.15) is 0 Å². The van der Waals surface area contributed by atoms with Crippen LogP contribution in [0, 0.1) is 0 Å². The van der Waals surface area contributed by atoms with Crippen LogP contribution in [0.15, 0.2) is 179 Å². The van der Waals surface area contributed by atoms with Crippen LogP contribution in [0.4, 0.5) is 0 Å². The van der Waals surface area contributed by atoms with E-state index in [2.05, 4.69) is 143 Å². The van der Waals surface area contributed by atoms with E-state index in [9.17, 15) is 0 Å². The molecule has 0 saturated carbocycles. The van der Waals surface area contributed by atoms with Gasteiger partial charge in [0, 0.05) is 38.4 Å². The third-order valence-corrected chi connectivity index (χ3v) is 9.81. The lowest BCUT2D eigenvalue weighted by atomic mass is 10.0. The van der Waals surface area contributed by atoms with Crippen molar-refractivity contribution >= 4 is 49.6 Å². The van der Waals surface area contributed by atoms with Crippen molar-refractivity contribution in [3.05, 3.63) is 192 Å². The van der Waals surface area contributed by atoms with E-state index in [4.69, 9.17) is 14.7 Å². The Morgan fingerprint density at radius 3 is 2.02 bits per heavy atom. The van der Waals surface area contributed by atoms with Crippen LogP contribution < -0.4 is 5.32 Å². The molecule has 2 unspecified atom stereocenters. The molecule has 1 aliphatic rings. The van der Waals surface area contributed by atoms with Gasteiger partial charge in [-0.1, -0.05) is 121 Å². The molecule has 5 heteroatoms. The number of rotatable bonds is 5. The highest BCUT2D eigenvalue weighted by Gasteiger charge is 2.19. The van der Waals surface area contributed by atoms with E-state index >= 15 is 0 Å². The van der Waals surface area contributed by atoms with Crippen LogP contribution in [0.1, 0.15) is 29.0 Å². The van der Waals surface area contributed by atoms with Gasteiger partial charge in [0.05, 0.1) is 11.0 Å². The lowest BCUT2D eigenvalue weighted by molar-refractivity contribution is 0.631. The largest absolute Gasteiger partial charge is 0.613 e. The number of nitrogens with zero attached hydrogens (tertiary/aromatic N) is 3. The van der Waals surface area contributed by atoms with E-state index < -0.39 is 0 Å². The van der Waals surface area contributed by atoms with Crippen LogP contribution in [-0.4, -0.2) is 10.4 Å². The molecule has 1 aliphatic heterocycles. The number of benzene rings is 7. The first-order valence-corrected chi connectivity index (χ1v) is 17.0. The van der Waals surface area contributed by atoms with Gasteiger partial charge in [-0.3, -0.25) is 4.99 Å². The molecule has 0 saturated heterocycles. The van der Waals surface area contributed by atoms with Crippen molar-refractivity contribution < 1.29 is 4.42 Å². The van der Waals surface area contributed by atoms with Crippen molar-refractivity contribution in [1.29, 1.82) is 0 Å². The number of aliphatic imine (C=N–C) groups is 1. The lowest BCUT2D eigenvalue weighted by Crippen LogP contribution is -2.34. The molecule has 2 aromatic heterocycles. The zero-order valence-corrected chi connectivity index (χ0v) is 27.1. The number of hydrogen-bond donors (Lipinski definition) is 1.